The molecule has 5 rings (SSSR count). The van der Waals surface area contributed by atoms with Crippen molar-refractivity contribution < 1.29 is 4.79 Å². The first-order valence-electron chi connectivity index (χ1n) is 11.0. The van der Waals surface area contributed by atoms with Crippen molar-refractivity contribution in [2.75, 3.05) is 11.9 Å². The molecule has 2 saturated carbocycles. The zero-order valence-electron chi connectivity index (χ0n) is 16.7. The van der Waals surface area contributed by atoms with Crippen molar-refractivity contribution in [3.63, 3.8) is 0 Å². The summed E-state index contributed by atoms with van der Waals surface area (Å²) in [6.07, 6.45) is 6.20. The van der Waals surface area contributed by atoms with Crippen LogP contribution < -0.4 is 10.6 Å². The molecule has 3 aliphatic rings. The molecule has 0 radical (unpaired) electrons. The Balaban J connectivity index is 1.49. The molecule has 5 atom stereocenters. The van der Waals surface area contributed by atoms with Crippen LogP contribution in [0, 0.1) is 17.8 Å². The summed E-state index contributed by atoms with van der Waals surface area (Å²) in [4.78, 5) is 12.6. The van der Waals surface area contributed by atoms with Crippen molar-refractivity contribution in [1.29, 1.82) is 0 Å². The lowest BCUT2D eigenvalue weighted by molar-refractivity contribution is 0.0953. The molecule has 0 aromatic heterocycles. The third-order valence-electron chi connectivity index (χ3n) is 7.32. The van der Waals surface area contributed by atoms with Crippen molar-refractivity contribution in [3.8, 4) is 0 Å². The third kappa shape index (κ3) is 2.92. The van der Waals surface area contributed by atoms with Crippen LogP contribution in [-0.4, -0.2) is 12.5 Å². The summed E-state index contributed by atoms with van der Waals surface area (Å²) < 4.78 is 0. The standard InChI is InChI=1S/C25H30N2O/c1-2-3-13-26-25(28)19-11-12-21-20(15-19)22-17-9-10-18(14-17)23(22)24(27-21)16-7-5-4-6-8-16/h4-8,11-12,15,17-18,22-24,27H,2-3,9-10,13-14H2,1H3,(H,26,28)/t17-,18-,22-,23+,24+/m0/s1. The smallest absolute Gasteiger partial charge is 0.251 e. The molecule has 3 nitrogen and oxygen atoms in total. The maximum absolute atomic E-state index is 12.6. The van der Waals surface area contributed by atoms with Gasteiger partial charge in [-0.3, -0.25) is 4.79 Å². The maximum atomic E-state index is 12.6. The SMILES string of the molecule is CCCCNC(=O)c1ccc2c(c1)[C@@H]1[C@H]3CC[C@@H](C3)[C@H]1[C@@H](c1ccccc1)N2. The van der Waals surface area contributed by atoms with Crippen LogP contribution in [0.15, 0.2) is 48.5 Å². The van der Waals surface area contributed by atoms with Gasteiger partial charge >= 0.3 is 0 Å². The van der Waals surface area contributed by atoms with Gasteiger partial charge in [-0.1, -0.05) is 43.7 Å². The molecule has 0 spiro atoms. The molecule has 2 aromatic rings. The summed E-state index contributed by atoms with van der Waals surface area (Å²) in [6, 6.07) is 17.6. The van der Waals surface area contributed by atoms with Gasteiger partial charge < -0.3 is 10.6 Å². The van der Waals surface area contributed by atoms with Crippen LogP contribution >= 0.6 is 0 Å². The highest BCUT2D eigenvalue weighted by Crippen LogP contribution is 2.63. The van der Waals surface area contributed by atoms with Gasteiger partial charge in [0.25, 0.3) is 5.91 Å². The lowest BCUT2D eigenvalue weighted by Gasteiger charge is -2.43. The number of hydrogen-bond acceptors (Lipinski definition) is 2. The van der Waals surface area contributed by atoms with Gasteiger partial charge in [-0.05, 0) is 78.7 Å². The van der Waals surface area contributed by atoms with Gasteiger partial charge in [-0.2, -0.15) is 0 Å². The fourth-order valence-corrected chi connectivity index (χ4v) is 6.10. The average Bonchev–Trinajstić information content (AvgIpc) is 3.36. The molecular formula is C25H30N2O. The van der Waals surface area contributed by atoms with E-state index in [1.54, 1.807) is 0 Å². The number of carbonyl (C=O) groups excluding carboxylic acids is 1. The highest BCUT2D eigenvalue weighted by Gasteiger charge is 2.53. The predicted octanol–water partition coefficient (Wildman–Crippen LogP) is 5.51. The number of carbonyl (C=O) groups is 1. The Morgan fingerprint density at radius 2 is 1.93 bits per heavy atom. The van der Waals surface area contributed by atoms with E-state index in [0.29, 0.717) is 17.9 Å². The molecule has 0 saturated heterocycles. The first kappa shape index (κ1) is 17.8. The Morgan fingerprint density at radius 1 is 1.11 bits per heavy atom. The fourth-order valence-electron chi connectivity index (χ4n) is 6.10. The van der Waals surface area contributed by atoms with Gasteiger partial charge in [0.15, 0.2) is 0 Å². The minimum atomic E-state index is 0.0705. The van der Waals surface area contributed by atoms with Gasteiger partial charge in [0.1, 0.15) is 0 Å². The summed E-state index contributed by atoms with van der Waals surface area (Å²) >= 11 is 0. The van der Waals surface area contributed by atoms with Crippen LogP contribution in [0.2, 0.25) is 0 Å². The Labute approximate surface area is 167 Å². The lowest BCUT2D eigenvalue weighted by Crippen LogP contribution is -2.35. The molecule has 2 fully saturated rings. The Kier molecular flexibility index (Phi) is 4.62. The van der Waals surface area contributed by atoms with Gasteiger partial charge in [0.2, 0.25) is 0 Å². The number of amides is 1. The van der Waals surface area contributed by atoms with Crippen molar-refractivity contribution in [2.45, 2.75) is 51.0 Å². The molecule has 146 valence electrons. The third-order valence-corrected chi connectivity index (χ3v) is 7.32. The van der Waals surface area contributed by atoms with E-state index in [2.05, 4.69) is 60.0 Å². The van der Waals surface area contributed by atoms with Crippen LogP contribution in [-0.2, 0) is 0 Å². The monoisotopic (exact) mass is 374 g/mol. The van der Waals surface area contributed by atoms with Gasteiger partial charge in [-0.25, -0.2) is 0 Å². The van der Waals surface area contributed by atoms with E-state index in [1.807, 2.05) is 6.07 Å². The second kappa shape index (κ2) is 7.27. The topological polar surface area (TPSA) is 41.1 Å². The first-order valence-corrected chi connectivity index (χ1v) is 11.0. The van der Waals surface area contributed by atoms with Crippen LogP contribution in [0.1, 0.15) is 72.5 Å². The van der Waals surface area contributed by atoms with E-state index in [0.717, 1.165) is 36.8 Å². The fraction of sp³-hybridized carbons (Fsp3) is 0.480. The van der Waals surface area contributed by atoms with Crippen LogP contribution in [0.25, 0.3) is 0 Å². The summed E-state index contributed by atoms with van der Waals surface area (Å²) in [5.74, 6) is 2.89. The Hall–Kier alpha value is -2.29. The molecular weight excluding hydrogens is 344 g/mol. The number of fused-ring (bicyclic) bond motifs is 7. The minimum Gasteiger partial charge on any atom is -0.378 e. The van der Waals surface area contributed by atoms with Crippen LogP contribution in [0.4, 0.5) is 5.69 Å². The number of rotatable bonds is 5. The number of unbranched alkanes of at least 4 members (excludes halogenated alkanes) is 1. The summed E-state index contributed by atoms with van der Waals surface area (Å²) in [5.41, 5.74) is 4.83. The zero-order chi connectivity index (χ0) is 19.1. The summed E-state index contributed by atoms with van der Waals surface area (Å²) in [5, 5.41) is 6.93. The molecule has 2 aromatic carbocycles. The molecule has 1 heterocycles. The van der Waals surface area contributed by atoms with E-state index in [9.17, 15) is 4.79 Å². The Morgan fingerprint density at radius 3 is 2.75 bits per heavy atom. The largest absolute Gasteiger partial charge is 0.378 e. The molecule has 3 heteroatoms. The number of anilines is 1. The Bertz CT molecular complexity index is 862. The quantitative estimate of drug-likeness (QED) is 0.677. The van der Waals surface area contributed by atoms with Crippen LogP contribution in [0.5, 0.6) is 0 Å². The van der Waals surface area contributed by atoms with E-state index < -0.39 is 0 Å². The van der Waals surface area contributed by atoms with Gasteiger partial charge in [0.05, 0.1) is 6.04 Å². The molecule has 1 amide bonds. The average molecular weight is 375 g/mol. The van der Waals surface area contributed by atoms with E-state index >= 15 is 0 Å². The van der Waals surface area contributed by atoms with Gasteiger partial charge in [0, 0.05) is 17.8 Å². The first-order chi connectivity index (χ1) is 13.8. The van der Waals surface area contributed by atoms with Crippen molar-refractivity contribution >= 4 is 11.6 Å². The number of nitrogens with one attached hydrogen (secondary N) is 2. The highest BCUT2D eigenvalue weighted by molar-refractivity contribution is 5.95. The van der Waals surface area contributed by atoms with E-state index in [4.69, 9.17) is 0 Å². The number of benzene rings is 2. The minimum absolute atomic E-state index is 0.0705. The molecule has 0 unspecified atom stereocenters. The molecule has 2 bridgehead atoms. The molecule has 2 N–H and O–H groups in total. The normalized spacial score (nSPS) is 29.7. The summed E-state index contributed by atoms with van der Waals surface area (Å²) in [7, 11) is 0. The van der Waals surface area contributed by atoms with Gasteiger partial charge in [-0.15, -0.1) is 0 Å². The zero-order valence-corrected chi connectivity index (χ0v) is 16.7. The van der Waals surface area contributed by atoms with Crippen molar-refractivity contribution in [3.05, 3.63) is 65.2 Å². The summed E-state index contributed by atoms with van der Waals surface area (Å²) in [6.45, 7) is 2.91. The second-order valence-electron chi connectivity index (χ2n) is 8.88. The highest BCUT2D eigenvalue weighted by atomic mass is 16.1. The molecule has 28 heavy (non-hydrogen) atoms. The predicted molar refractivity (Wildman–Crippen MR) is 114 cm³/mol. The van der Waals surface area contributed by atoms with Crippen molar-refractivity contribution in [2.24, 2.45) is 17.8 Å². The van der Waals surface area contributed by atoms with E-state index in [-0.39, 0.29) is 5.91 Å². The van der Waals surface area contributed by atoms with E-state index in [1.165, 1.54) is 36.1 Å². The second-order valence-corrected chi connectivity index (χ2v) is 8.88. The van der Waals surface area contributed by atoms with Crippen molar-refractivity contribution in [1.82, 2.24) is 5.32 Å². The maximum Gasteiger partial charge on any atom is 0.251 e. The lowest BCUT2D eigenvalue weighted by atomic mass is 9.68. The van der Waals surface area contributed by atoms with Crippen LogP contribution in [0.3, 0.4) is 0 Å². The molecule has 2 aliphatic carbocycles. The molecule has 1 aliphatic heterocycles. The number of hydrogen-bond donors (Lipinski definition) is 2.